The van der Waals surface area contributed by atoms with Crippen LogP contribution in [0.4, 0.5) is 10.3 Å². The Labute approximate surface area is 132 Å². The van der Waals surface area contributed by atoms with Crippen molar-refractivity contribution in [2.45, 2.75) is 18.0 Å². The molecule has 23 heavy (non-hydrogen) atoms. The summed E-state index contributed by atoms with van der Waals surface area (Å²) >= 11 is 0. The van der Waals surface area contributed by atoms with Crippen molar-refractivity contribution in [2.75, 3.05) is 18.2 Å². The minimum absolute atomic E-state index is 0.110. The maximum atomic E-state index is 12.9. The molecule has 0 saturated carbocycles. The lowest BCUT2D eigenvalue weighted by Crippen LogP contribution is -2.14. The van der Waals surface area contributed by atoms with Crippen LogP contribution in [0.2, 0.25) is 0 Å². The summed E-state index contributed by atoms with van der Waals surface area (Å²) in [7, 11) is -3.50. The highest BCUT2D eigenvalue weighted by atomic mass is 32.2. The Kier molecular flexibility index (Phi) is 5.27. The summed E-state index contributed by atoms with van der Waals surface area (Å²) in [4.78, 5) is 15.3. The van der Waals surface area contributed by atoms with E-state index in [2.05, 4.69) is 20.5 Å². The molecule has 1 heterocycles. The number of H-pyrrole nitrogens is 1. The fraction of sp³-hybridized carbons (Fsp3) is 0.308. The molecular formula is C13H15FN4O4S. The lowest BCUT2D eigenvalue weighted by atomic mass is 10.3. The highest BCUT2D eigenvalue weighted by molar-refractivity contribution is 7.90. The van der Waals surface area contributed by atoms with Crippen molar-refractivity contribution in [3.8, 4) is 5.75 Å². The van der Waals surface area contributed by atoms with E-state index in [-0.39, 0.29) is 30.0 Å². The van der Waals surface area contributed by atoms with Gasteiger partial charge in [-0.05, 0) is 18.6 Å². The van der Waals surface area contributed by atoms with Gasteiger partial charge >= 0.3 is 0 Å². The summed E-state index contributed by atoms with van der Waals surface area (Å²) in [5, 5.41) is 7.86. The summed E-state index contributed by atoms with van der Waals surface area (Å²) in [5.74, 6) is -0.503. The largest absolute Gasteiger partial charge is 0.493 e. The second-order valence-corrected chi connectivity index (χ2v) is 6.62. The maximum Gasteiger partial charge on any atom is 0.249 e. The third kappa shape index (κ3) is 5.33. The molecule has 0 aliphatic carbocycles. The van der Waals surface area contributed by atoms with Gasteiger partial charge in [-0.15, -0.1) is 5.10 Å². The van der Waals surface area contributed by atoms with Gasteiger partial charge in [0.2, 0.25) is 26.8 Å². The van der Waals surface area contributed by atoms with E-state index in [1.54, 1.807) is 6.07 Å². The first-order chi connectivity index (χ1) is 10.8. The van der Waals surface area contributed by atoms with Crippen LogP contribution < -0.4 is 10.1 Å². The van der Waals surface area contributed by atoms with Crippen LogP contribution in [0.1, 0.15) is 12.8 Å². The average Bonchev–Trinajstić information content (AvgIpc) is 2.92. The molecule has 0 unspecified atom stereocenters. The predicted octanol–water partition coefficient (Wildman–Crippen LogP) is 1.14. The first kappa shape index (κ1) is 16.9. The average molecular weight is 342 g/mol. The number of carbonyl (C=O) groups excluding carboxylic acids is 1. The third-order valence-electron chi connectivity index (χ3n) is 2.68. The number of benzene rings is 1. The van der Waals surface area contributed by atoms with Gasteiger partial charge < -0.3 is 4.74 Å². The molecule has 2 N–H and O–H groups in total. The van der Waals surface area contributed by atoms with Crippen molar-refractivity contribution in [2.24, 2.45) is 0 Å². The predicted molar refractivity (Wildman–Crippen MR) is 79.3 cm³/mol. The fourth-order valence-corrected chi connectivity index (χ4v) is 2.10. The van der Waals surface area contributed by atoms with Crippen molar-refractivity contribution in [3.05, 3.63) is 30.1 Å². The zero-order chi connectivity index (χ0) is 16.9. The Hall–Kier alpha value is -2.49. The first-order valence-corrected chi connectivity index (χ1v) is 8.54. The van der Waals surface area contributed by atoms with Gasteiger partial charge in [0.15, 0.2) is 0 Å². The maximum absolute atomic E-state index is 12.9. The quantitative estimate of drug-likeness (QED) is 0.730. The number of nitrogens with one attached hydrogen (secondary N) is 2. The summed E-state index contributed by atoms with van der Waals surface area (Å²) in [6.07, 6.45) is 1.49. The topological polar surface area (TPSA) is 114 Å². The number of aromatic nitrogens is 3. The molecule has 0 atom stereocenters. The summed E-state index contributed by atoms with van der Waals surface area (Å²) in [5.41, 5.74) is 0. The number of sulfone groups is 1. The zero-order valence-electron chi connectivity index (χ0n) is 12.2. The summed E-state index contributed by atoms with van der Waals surface area (Å²) in [6.45, 7) is 0.236. The molecule has 10 heteroatoms. The van der Waals surface area contributed by atoms with Crippen molar-refractivity contribution < 1.29 is 22.3 Å². The van der Waals surface area contributed by atoms with Crippen LogP contribution in [0.3, 0.4) is 0 Å². The van der Waals surface area contributed by atoms with E-state index >= 15 is 0 Å². The number of halogens is 1. The molecule has 0 aliphatic heterocycles. The highest BCUT2D eigenvalue weighted by Crippen LogP contribution is 2.12. The van der Waals surface area contributed by atoms with Crippen LogP contribution in [0.15, 0.2) is 29.4 Å². The molecule has 0 aliphatic rings. The molecule has 0 bridgehead atoms. The van der Waals surface area contributed by atoms with Crippen molar-refractivity contribution in [1.82, 2.24) is 15.2 Å². The first-order valence-electron chi connectivity index (χ1n) is 6.65. The van der Waals surface area contributed by atoms with Crippen molar-refractivity contribution in [3.63, 3.8) is 0 Å². The molecule has 0 radical (unpaired) electrons. The van der Waals surface area contributed by atoms with E-state index in [0.717, 1.165) is 6.26 Å². The van der Waals surface area contributed by atoms with E-state index in [9.17, 15) is 17.6 Å². The molecule has 8 nitrogen and oxygen atoms in total. The van der Waals surface area contributed by atoms with Gasteiger partial charge in [-0.25, -0.2) is 17.9 Å². The van der Waals surface area contributed by atoms with Crippen LogP contribution in [-0.4, -0.2) is 42.4 Å². The van der Waals surface area contributed by atoms with Gasteiger partial charge in [0, 0.05) is 18.7 Å². The zero-order valence-corrected chi connectivity index (χ0v) is 13.1. The minimum atomic E-state index is -3.50. The number of hydrogen-bond donors (Lipinski definition) is 2. The van der Waals surface area contributed by atoms with Gasteiger partial charge in [-0.2, -0.15) is 4.98 Å². The molecule has 124 valence electrons. The van der Waals surface area contributed by atoms with Crippen LogP contribution in [0, 0.1) is 5.82 Å². The van der Waals surface area contributed by atoms with Crippen molar-refractivity contribution >= 4 is 21.7 Å². The van der Waals surface area contributed by atoms with Crippen LogP contribution >= 0.6 is 0 Å². The van der Waals surface area contributed by atoms with Crippen LogP contribution in [-0.2, 0) is 14.6 Å². The minimum Gasteiger partial charge on any atom is -0.493 e. The van der Waals surface area contributed by atoms with Gasteiger partial charge in [0.05, 0.1) is 6.61 Å². The lowest BCUT2D eigenvalue weighted by molar-refractivity contribution is -0.116. The molecule has 2 rings (SSSR count). The van der Waals surface area contributed by atoms with Gasteiger partial charge in [0.25, 0.3) is 0 Å². The number of aromatic amines is 1. The second kappa shape index (κ2) is 7.18. The molecule has 0 saturated heterocycles. The van der Waals surface area contributed by atoms with E-state index in [1.165, 1.54) is 18.2 Å². The molecule has 0 spiro atoms. The number of amides is 1. The number of carbonyl (C=O) groups is 1. The van der Waals surface area contributed by atoms with E-state index in [4.69, 9.17) is 4.74 Å². The Morgan fingerprint density at radius 2 is 2.22 bits per heavy atom. The van der Waals surface area contributed by atoms with E-state index in [0.29, 0.717) is 12.2 Å². The van der Waals surface area contributed by atoms with Gasteiger partial charge in [-0.1, -0.05) is 6.07 Å². The molecule has 1 amide bonds. The van der Waals surface area contributed by atoms with Crippen LogP contribution in [0.25, 0.3) is 0 Å². The normalized spacial score (nSPS) is 11.2. The third-order valence-corrected chi connectivity index (χ3v) is 3.57. The highest BCUT2D eigenvalue weighted by Gasteiger charge is 2.14. The Morgan fingerprint density at radius 3 is 2.87 bits per heavy atom. The van der Waals surface area contributed by atoms with Gasteiger partial charge in [0.1, 0.15) is 11.6 Å². The lowest BCUT2D eigenvalue weighted by Gasteiger charge is -2.05. The monoisotopic (exact) mass is 342 g/mol. The number of ether oxygens (including phenoxy) is 1. The van der Waals surface area contributed by atoms with E-state index < -0.39 is 15.7 Å². The second-order valence-electron chi connectivity index (χ2n) is 4.69. The number of anilines is 1. The fourth-order valence-electron chi connectivity index (χ4n) is 1.64. The molecule has 1 aromatic heterocycles. The Morgan fingerprint density at radius 1 is 1.43 bits per heavy atom. The Balaban J connectivity index is 1.74. The summed E-state index contributed by atoms with van der Waals surface area (Å²) in [6, 6.07) is 5.70. The number of rotatable bonds is 7. The Bertz CT molecular complexity index is 791. The van der Waals surface area contributed by atoms with Crippen molar-refractivity contribution in [1.29, 1.82) is 0 Å². The summed E-state index contributed by atoms with van der Waals surface area (Å²) < 4.78 is 40.7. The van der Waals surface area contributed by atoms with E-state index in [1.807, 2.05) is 0 Å². The SMILES string of the molecule is CS(=O)(=O)c1nc(NC(=O)CCCOc2cccc(F)c2)n[nH]1. The molecule has 0 fully saturated rings. The van der Waals surface area contributed by atoms with Gasteiger partial charge in [-0.3, -0.25) is 10.1 Å². The number of hydrogen-bond acceptors (Lipinski definition) is 6. The smallest absolute Gasteiger partial charge is 0.249 e. The molecule has 2 aromatic rings. The van der Waals surface area contributed by atoms with Crippen LogP contribution in [0.5, 0.6) is 5.75 Å². The molecular weight excluding hydrogens is 327 g/mol. The standard InChI is InChI=1S/C13H15FN4O4S/c1-23(20,21)13-16-12(17-18-13)15-11(19)6-3-7-22-10-5-2-4-9(14)8-10/h2,4-5,8H,3,6-7H2,1H3,(H2,15,16,17,18,19). The number of nitrogens with zero attached hydrogens (tertiary/aromatic N) is 2. The molecule has 1 aromatic carbocycles.